The molecule has 1 heterocycles. The largest absolute Gasteiger partial charge is 0.493 e. The monoisotopic (exact) mass is 410 g/mol. The molecular weight excluding hydrogens is 380 g/mol. The minimum atomic E-state index is -0.486. The number of carbonyl (C=O) groups is 2. The summed E-state index contributed by atoms with van der Waals surface area (Å²) >= 11 is 0. The molecule has 0 bridgehead atoms. The first-order valence-electron chi connectivity index (χ1n) is 10.4. The first-order valence-corrected chi connectivity index (χ1v) is 10.4. The molecule has 1 unspecified atom stereocenters. The van der Waals surface area contributed by atoms with Crippen LogP contribution in [0.2, 0.25) is 0 Å². The fourth-order valence-corrected chi connectivity index (χ4v) is 3.90. The molecule has 6 heteroatoms. The van der Waals surface area contributed by atoms with Crippen LogP contribution in [0.5, 0.6) is 11.5 Å². The zero-order chi connectivity index (χ0) is 21.7. The molecule has 2 aromatic carbocycles. The molecule has 0 aromatic heterocycles. The van der Waals surface area contributed by atoms with Gasteiger partial charge in [-0.25, -0.2) is 0 Å². The number of amides is 2. The van der Waals surface area contributed by atoms with Crippen molar-refractivity contribution < 1.29 is 19.1 Å². The number of hydrogen-bond donors (Lipinski definition) is 1. The maximum absolute atomic E-state index is 13.1. The number of methoxy groups -OCH3 is 2. The van der Waals surface area contributed by atoms with Crippen molar-refractivity contribution in [2.75, 3.05) is 20.8 Å². The predicted octanol–water partition coefficient (Wildman–Crippen LogP) is 3.43. The number of ether oxygens (including phenoxy) is 2. The number of nitrogens with one attached hydrogen (secondary N) is 1. The van der Waals surface area contributed by atoms with Gasteiger partial charge in [0.15, 0.2) is 11.5 Å². The lowest BCUT2D eigenvalue weighted by molar-refractivity contribution is -0.127. The van der Waals surface area contributed by atoms with E-state index in [-0.39, 0.29) is 17.7 Å². The van der Waals surface area contributed by atoms with E-state index in [0.29, 0.717) is 36.6 Å². The van der Waals surface area contributed by atoms with Crippen LogP contribution in [-0.4, -0.2) is 43.5 Å². The molecule has 0 aliphatic carbocycles. The van der Waals surface area contributed by atoms with Crippen LogP contribution in [0.4, 0.5) is 0 Å². The number of rotatable bonds is 9. The van der Waals surface area contributed by atoms with E-state index in [4.69, 9.17) is 9.47 Å². The minimum absolute atomic E-state index is 0.0596. The van der Waals surface area contributed by atoms with Crippen molar-refractivity contribution >= 4 is 11.8 Å². The Morgan fingerprint density at radius 3 is 2.53 bits per heavy atom. The Balaban J connectivity index is 1.66. The summed E-state index contributed by atoms with van der Waals surface area (Å²) in [7, 11) is 3.20. The molecule has 0 radical (unpaired) electrons. The van der Waals surface area contributed by atoms with Crippen LogP contribution >= 0.6 is 0 Å². The van der Waals surface area contributed by atoms with E-state index in [0.717, 1.165) is 17.5 Å². The standard InChI is InChI=1S/C24H30N2O4/c1-5-16(2)22(26-15-18-8-6-7-9-19(18)24(26)28)23(27)25-13-12-17-10-11-20(29-3)21(14-17)30-4/h6-11,14,16,22H,5,12-13,15H2,1-4H3,(H,25,27)/t16?,22-/m0/s1. The van der Waals surface area contributed by atoms with Crippen molar-refractivity contribution in [1.82, 2.24) is 10.2 Å². The van der Waals surface area contributed by atoms with E-state index in [1.54, 1.807) is 19.1 Å². The van der Waals surface area contributed by atoms with Crippen molar-refractivity contribution in [3.05, 3.63) is 59.2 Å². The highest BCUT2D eigenvalue weighted by Gasteiger charge is 2.38. The lowest BCUT2D eigenvalue weighted by Gasteiger charge is -2.31. The van der Waals surface area contributed by atoms with Gasteiger partial charge < -0.3 is 19.7 Å². The lowest BCUT2D eigenvalue weighted by Crippen LogP contribution is -2.50. The summed E-state index contributed by atoms with van der Waals surface area (Å²) in [6, 6.07) is 12.8. The van der Waals surface area contributed by atoms with Gasteiger partial charge in [-0.1, -0.05) is 44.5 Å². The maximum atomic E-state index is 13.1. The number of carbonyl (C=O) groups excluding carboxylic acids is 2. The van der Waals surface area contributed by atoms with Crippen molar-refractivity contribution in [3.63, 3.8) is 0 Å². The average molecular weight is 411 g/mol. The molecule has 30 heavy (non-hydrogen) atoms. The fraction of sp³-hybridized carbons (Fsp3) is 0.417. The van der Waals surface area contributed by atoms with Gasteiger partial charge in [0.25, 0.3) is 5.91 Å². The van der Waals surface area contributed by atoms with E-state index in [1.807, 2.05) is 56.3 Å². The minimum Gasteiger partial charge on any atom is -0.493 e. The highest BCUT2D eigenvalue weighted by molar-refractivity contribution is 6.01. The summed E-state index contributed by atoms with van der Waals surface area (Å²) in [5.74, 6) is 1.23. The fourth-order valence-electron chi connectivity index (χ4n) is 3.90. The van der Waals surface area contributed by atoms with Gasteiger partial charge in [0.05, 0.1) is 14.2 Å². The first kappa shape index (κ1) is 21.7. The van der Waals surface area contributed by atoms with E-state index in [1.165, 1.54) is 0 Å². The van der Waals surface area contributed by atoms with Crippen molar-refractivity contribution in [1.29, 1.82) is 0 Å². The summed E-state index contributed by atoms with van der Waals surface area (Å²) in [5.41, 5.74) is 2.72. The Kier molecular flexibility index (Phi) is 6.98. The maximum Gasteiger partial charge on any atom is 0.255 e. The van der Waals surface area contributed by atoms with Gasteiger partial charge in [-0.3, -0.25) is 9.59 Å². The second-order valence-electron chi connectivity index (χ2n) is 7.65. The topological polar surface area (TPSA) is 67.9 Å². The molecule has 1 aliphatic rings. The van der Waals surface area contributed by atoms with Gasteiger partial charge in [-0.2, -0.15) is 0 Å². The van der Waals surface area contributed by atoms with E-state index in [2.05, 4.69) is 5.32 Å². The predicted molar refractivity (Wildman–Crippen MR) is 116 cm³/mol. The third-order valence-corrected chi connectivity index (χ3v) is 5.80. The molecule has 2 amide bonds. The molecule has 1 aliphatic heterocycles. The van der Waals surface area contributed by atoms with E-state index < -0.39 is 6.04 Å². The molecular formula is C24H30N2O4. The van der Waals surface area contributed by atoms with E-state index in [9.17, 15) is 9.59 Å². The summed E-state index contributed by atoms with van der Waals surface area (Å²) < 4.78 is 10.6. The zero-order valence-corrected chi connectivity index (χ0v) is 18.1. The van der Waals surface area contributed by atoms with Crippen molar-refractivity contribution in [2.24, 2.45) is 5.92 Å². The van der Waals surface area contributed by atoms with E-state index >= 15 is 0 Å². The third-order valence-electron chi connectivity index (χ3n) is 5.80. The molecule has 0 fully saturated rings. The van der Waals surface area contributed by atoms with Crippen LogP contribution in [0.1, 0.15) is 41.8 Å². The van der Waals surface area contributed by atoms with Crippen molar-refractivity contribution in [2.45, 2.75) is 39.3 Å². The molecule has 2 aromatic rings. The van der Waals surface area contributed by atoms with Gasteiger partial charge in [0, 0.05) is 18.7 Å². The SMILES string of the molecule is CCC(C)[C@@H](C(=O)NCCc1ccc(OC)c(OC)c1)N1Cc2ccccc2C1=O. The molecule has 3 rings (SSSR count). The highest BCUT2D eigenvalue weighted by Crippen LogP contribution is 2.29. The Labute approximate surface area is 178 Å². The molecule has 0 saturated heterocycles. The van der Waals surface area contributed by atoms with Gasteiger partial charge in [0.1, 0.15) is 6.04 Å². The van der Waals surface area contributed by atoms with Gasteiger partial charge in [-0.15, -0.1) is 0 Å². The molecule has 160 valence electrons. The zero-order valence-electron chi connectivity index (χ0n) is 18.1. The normalized spacial score (nSPS) is 14.8. The second-order valence-corrected chi connectivity index (χ2v) is 7.65. The van der Waals surface area contributed by atoms with Gasteiger partial charge >= 0.3 is 0 Å². The Morgan fingerprint density at radius 2 is 1.87 bits per heavy atom. The summed E-state index contributed by atoms with van der Waals surface area (Å²) in [6.07, 6.45) is 1.47. The average Bonchev–Trinajstić information content (AvgIpc) is 3.09. The molecule has 0 saturated carbocycles. The van der Waals surface area contributed by atoms with Crippen LogP contribution in [0.25, 0.3) is 0 Å². The molecule has 0 spiro atoms. The summed E-state index contributed by atoms with van der Waals surface area (Å²) in [5, 5.41) is 3.03. The quantitative estimate of drug-likeness (QED) is 0.688. The Bertz CT molecular complexity index is 912. The molecule has 1 N–H and O–H groups in total. The van der Waals surface area contributed by atoms with Gasteiger partial charge in [0.2, 0.25) is 5.91 Å². The van der Waals surface area contributed by atoms with Crippen LogP contribution in [0, 0.1) is 5.92 Å². The number of fused-ring (bicyclic) bond motifs is 1. The Morgan fingerprint density at radius 1 is 1.13 bits per heavy atom. The number of benzene rings is 2. The number of hydrogen-bond acceptors (Lipinski definition) is 4. The summed E-state index contributed by atoms with van der Waals surface area (Å²) in [4.78, 5) is 27.7. The lowest BCUT2D eigenvalue weighted by atomic mass is 9.96. The van der Waals surface area contributed by atoms with Crippen molar-refractivity contribution in [3.8, 4) is 11.5 Å². The number of nitrogens with zero attached hydrogens (tertiary/aromatic N) is 1. The third kappa shape index (κ3) is 4.42. The van der Waals surface area contributed by atoms with Gasteiger partial charge in [-0.05, 0) is 41.7 Å². The Hall–Kier alpha value is -3.02. The van der Waals surface area contributed by atoms with Crippen LogP contribution < -0.4 is 14.8 Å². The second kappa shape index (κ2) is 9.65. The molecule has 2 atom stereocenters. The smallest absolute Gasteiger partial charge is 0.255 e. The van der Waals surface area contributed by atoms with Crippen LogP contribution in [-0.2, 0) is 17.8 Å². The highest BCUT2D eigenvalue weighted by atomic mass is 16.5. The summed E-state index contributed by atoms with van der Waals surface area (Å²) in [6.45, 7) is 5.03. The first-order chi connectivity index (χ1) is 14.5. The van der Waals surface area contributed by atoms with Crippen LogP contribution in [0.3, 0.4) is 0 Å². The molecule has 6 nitrogen and oxygen atoms in total. The van der Waals surface area contributed by atoms with Crippen LogP contribution in [0.15, 0.2) is 42.5 Å².